The lowest BCUT2D eigenvalue weighted by atomic mass is 10.1. The average Bonchev–Trinajstić information content (AvgIpc) is 3.19. The van der Waals surface area contributed by atoms with Crippen molar-refractivity contribution in [3.8, 4) is 17.4 Å². The Bertz CT molecular complexity index is 869. The van der Waals surface area contributed by atoms with Crippen molar-refractivity contribution in [2.45, 2.75) is 12.5 Å². The Kier molecular flexibility index (Phi) is 4.31. The summed E-state index contributed by atoms with van der Waals surface area (Å²) in [6.07, 6.45) is 1.07. The number of fused-ring (bicyclic) bond motifs is 1. The van der Waals surface area contributed by atoms with E-state index in [1.165, 1.54) is 0 Å². The van der Waals surface area contributed by atoms with Crippen LogP contribution in [-0.4, -0.2) is 39.4 Å². The van der Waals surface area contributed by atoms with Crippen LogP contribution in [0, 0.1) is 0 Å². The fourth-order valence-electron chi connectivity index (χ4n) is 2.66. The van der Waals surface area contributed by atoms with Crippen molar-refractivity contribution in [1.29, 1.82) is 0 Å². The van der Waals surface area contributed by atoms with Gasteiger partial charge in [0, 0.05) is 11.9 Å². The maximum atomic E-state index is 11.2. The Hall–Kier alpha value is -2.38. The summed E-state index contributed by atoms with van der Waals surface area (Å²) in [7, 11) is 0. The summed E-state index contributed by atoms with van der Waals surface area (Å²) in [5.41, 5.74) is 0.227. The molecule has 2 aromatic heterocycles. The van der Waals surface area contributed by atoms with Crippen LogP contribution in [0.1, 0.15) is 6.42 Å². The van der Waals surface area contributed by atoms with Crippen LogP contribution in [0.25, 0.3) is 22.3 Å². The van der Waals surface area contributed by atoms with Gasteiger partial charge in [0.25, 0.3) is 0 Å². The number of rotatable bonds is 3. The summed E-state index contributed by atoms with van der Waals surface area (Å²) in [5, 5.41) is 11.5. The molecule has 3 heterocycles. The van der Waals surface area contributed by atoms with E-state index in [4.69, 9.17) is 4.74 Å². The SMILES string of the molecule is Cl.O=c1[nH]nc(-c2cc3ccccc3c(O[C@H]3CCNC3)n2)[nH]1. The number of halogens is 1. The van der Waals surface area contributed by atoms with Crippen molar-refractivity contribution in [2.75, 3.05) is 13.1 Å². The molecule has 7 nitrogen and oxygen atoms in total. The molecule has 3 N–H and O–H groups in total. The van der Waals surface area contributed by atoms with Crippen molar-refractivity contribution in [2.24, 2.45) is 0 Å². The lowest BCUT2D eigenvalue weighted by Gasteiger charge is -2.14. The minimum Gasteiger partial charge on any atom is -0.472 e. The third-order valence-electron chi connectivity index (χ3n) is 3.74. The maximum absolute atomic E-state index is 11.2. The number of H-pyrrole nitrogens is 2. The fourth-order valence-corrected chi connectivity index (χ4v) is 2.66. The molecule has 0 unspecified atom stereocenters. The smallest absolute Gasteiger partial charge is 0.340 e. The van der Waals surface area contributed by atoms with E-state index in [1.807, 2.05) is 30.3 Å². The predicted octanol–water partition coefficient (Wildman–Crippen LogP) is 1.48. The Labute approximate surface area is 137 Å². The minimum absolute atomic E-state index is 0. The second-order valence-corrected chi connectivity index (χ2v) is 5.29. The number of pyridine rings is 1. The number of hydrogen-bond acceptors (Lipinski definition) is 5. The molecular weight excluding hydrogens is 318 g/mol. The Morgan fingerprint density at radius 1 is 1.26 bits per heavy atom. The number of hydrogen-bond donors (Lipinski definition) is 3. The van der Waals surface area contributed by atoms with Crippen LogP contribution in [0.4, 0.5) is 0 Å². The number of aromatic amines is 2. The molecule has 1 aliphatic heterocycles. The monoisotopic (exact) mass is 333 g/mol. The van der Waals surface area contributed by atoms with Gasteiger partial charge in [-0.1, -0.05) is 18.2 Å². The second-order valence-electron chi connectivity index (χ2n) is 5.29. The number of ether oxygens (including phenoxy) is 1. The number of aromatic nitrogens is 4. The zero-order chi connectivity index (χ0) is 14.9. The molecule has 8 heteroatoms. The third kappa shape index (κ3) is 3.06. The zero-order valence-corrected chi connectivity index (χ0v) is 13.0. The zero-order valence-electron chi connectivity index (χ0n) is 12.2. The Morgan fingerprint density at radius 3 is 2.87 bits per heavy atom. The van der Waals surface area contributed by atoms with Crippen LogP contribution in [0.15, 0.2) is 35.1 Å². The molecule has 0 saturated carbocycles. The summed E-state index contributed by atoms with van der Waals surface area (Å²) in [6, 6.07) is 9.78. The van der Waals surface area contributed by atoms with Gasteiger partial charge in [0.1, 0.15) is 11.8 Å². The highest BCUT2D eigenvalue weighted by atomic mass is 35.5. The molecule has 0 spiro atoms. The van der Waals surface area contributed by atoms with Crippen LogP contribution in [0.3, 0.4) is 0 Å². The number of nitrogens with one attached hydrogen (secondary N) is 3. The summed E-state index contributed by atoms with van der Waals surface area (Å²) >= 11 is 0. The average molecular weight is 334 g/mol. The molecule has 0 radical (unpaired) electrons. The van der Waals surface area contributed by atoms with Gasteiger partial charge in [-0.3, -0.25) is 4.98 Å². The van der Waals surface area contributed by atoms with E-state index in [2.05, 4.69) is 25.5 Å². The quantitative estimate of drug-likeness (QED) is 0.674. The van der Waals surface area contributed by atoms with Gasteiger partial charge < -0.3 is 10.1 Å². The summed E-state index contributed by atoms with van der Waals surface area (Å²) in [6.45, 7) is 1.77. The summed E-state index contributed by atoms with van der Waals surface area (Å²) < 4.78 is 6.05. The van der Waals surface area contributed by atoms with E-state index in [0.29, 0.717) is 17.4 Å². The minimum atomic E-state index is -0.354. The van der Waals surface area contributed by atoms with Gasteiger partial charge in [0.15, 0.2) is 5.82 Å². The van der Waals surface area contributed by atoms with Crippen LogP contribution in [0.5, 0.6) is 5.88 Å². The number of benzene rings is 1. The summed E-state index contributed by atoms with van der Waals surface area (Å²) in [5.74, 6) is 0.982. The van der Waals surface area contributed by atoms with E-state index in [9.17, 15) is 4.79 Å². The van der Waals surface area contributed by atoms with Crippen molar-refractivity contribution in [3.63, 3.8) is 0 Å². The van der Waals surface area contributed by atoms with Crippen molar-refractivity contribution >= 4 is 23.2 Å². The van der Waals surface area contributed by atoms with E-state index >= 15 is 0 Å². The molecule has 120 valence electrons. The first-order valence-electron chi connectivity index (χ1n) is 7.22. The summed E-state index contributed by atoms with van der Waals surface area (Å²) in [4.78, 5) is 18.4. The highest BCUT2D eigenvalue weighted by molar-refractivity contribution is 5.89. The Balaban J connectivity index is 0.00000156. The van der Waals surface area contributed by atoms with Crippen molar-refractivity contribution < 1.29 is 4.74 Å². The van der Waals surface area contributed by atoms with Crippen LogP contribution in [0.2, 0.25) is 0 Å². The molecule has 0 aliphatic carbocycles. The standard InChI is InChI=1S/C15H15N5O2.ClH/c21-15-18-13(19-20-15)12-7-9-3-1-2-4-11(9)14(17-12)22-10-5-6-16-8-10;/h1-4,7,10,16H,5-6,8H2,(H2,18,19,20,21);1H/t10-;/m0./s1. The fraction of sp³-hybridized carbons (Fsp3) is 0.267. The van der Waals surface area contributed by atoms with E-state index < -0.39 is 0 Å². The van der Waals surface area contributed by atoms with Crippen LogP contribution < -0.4 is 15.7 Å². The second kappa shape index (κ2) is 6.39. The normalized spacial score (nSPS) is 17.1. The van der Waals surface area contributed by atoms with Gasteiger partial charge in [-0.05, 0) is 30.5 Å². The van der Waals surface area contributed by atoms with Gasteiger partial charge in [0.2, 0.25) is 5.88 Å². The molecule has 4 rings (SSSR count). The predicted molar refractivity (Wildman–Crippen MR) is 89.1 cm³/mol. The Morgan fingerprint density at radius 2 is 2.13 bits per heavy atom. The first-order valence-corrected chi connectivity index (χ1v) is 7.22. The van der Waals surface area contributed by atoms with E-state index in [1.54, 1.807) is 0 Å². The van der Waals surface area contributed by atoms with Crippen molar-refractivity contribution in [3.05, 3.63) is 40.8 Å². The molecule has 1 aromatic carbocycles. The molecule has 0 amide bonds. The highest BCUT2D eigenvalue weighted by Crippen LogP contribution is 2.28. The molecule has 1 saturated heterocycles. The maximum Gasteiger partial charge on any atom is 0.340 e. The van der Waals surface area contributed by atoms with Crippen LogP contribution in [-0.2, 0) is 0 Å². The number of nitrogens with zero attached hydrogens (tertiary/aromatic N) is 2. The largest absolute Gasteiger partial charge is 0.472 e. The van der Waals surface area contributed by atoms with Gasteiger partial charge in [-0.15, -0.1) is 12.4 Å². The molecular formula is C15H16ClN5O2. The topological polar surface area (TPSA) is 95.7 Å². The molecule has 0 bridgehead atoms. The molecule has 1 aliphatic rings. The van der Waals surface area contributed by atoms with Crippen molar-refractivity contribution in [1.82, 2.24) is 25.5 Å². The van der Waals surface area contributed by atoms with Gasteiger partial charge in [-0.25, -0.2) is 14.9 Å². The van der Waals surface area contributed by atoms with E-state index in [-0.39, 0.29) is 24.2 Å². The lowest BCUT2D eigenvalue weighted by Crippen LogP contribution is -2.20. The highest BCUT2D eigenvalue weighted by Gasteiger charge is 2.19. The molecule has 23 heavy (non-hydrogen) atoms. The van der Waals surface area contributed by atoms with Crippen LogP contribution >= 0.6 is 12.4 Å². The van der Waals surface area contributed by atoms with Gasteiger partial charge in [0.05, 0.1) is 0 Å². The third-order valence-corrected chi connectivity index (χ3v) is 3.74. The van der Waals surface area contributed by atoms with Gasteiger partial charge >= 0.3 is 5.69 Å². The molecule has 1 fully saturated rings. The first kappa shape index (κ1) is 15.5. The molecule has 3 aromatic rings. The van der Waals surface area contributed by atoms with Gasteiger partial charge in [-0.2, -0.15) is 5.10 Å². The molecule has 1 atom stereocenters. The lowest BCUT2D eigenvalue weighted by molar-refractivity contribution is 0.217. The first-order chi connectivity index (χ1) is 10.8. The van der Waals surface area contributed by atoms with E-state index in [0.717, 1.165) is 30.3 Å².